The Bertz CT molecular complexity index is 1150. The molecule has 37 heavy (non-hydrogen) atoms. The fraction of sp³-hybridized carbons (Fsp3) is 0.429. The number of hydrogen-bond acceptors (Lipinski definition) is 8. The van der Waals surface area contributed by atoms with Crippen LogP contribution in [0.2, 0.25) is 0 Å². The van der Waals surface area contributed by atoms with Gasteiger partial charge in [0.15, 0.2) is 23.9 Å². The second-order valence-corrected chi connectivity index (χ2v) is 9.30. The van der Waals surface area contributed by atoms with Crippen LogP contribution in [0, 0.1) is 0 Å². The van der Waals surface area contributed by atoms with Gasteiger partial charge in [-0.05, 0) is 55.3 Å². The standard InChI is InChI=1S/C28H32N2O7/c1-35-24-14-11-19(15-25(24)36-2)23(31)17-37-28(34)18-9-12-21(13-10-18)30-26(32)16-22(27(30)33)29-20-7-5-3-4-6-8-20/h9-15,20,22,29H,3-8,16-17H2,1-2H3. The quantitative estimate of drug-likeness (QED) is 0.236. The number of esters is 1. The molecule has 2 amide bonds. The molecule has 1 saturated carbocycles. The minimum atomic E-state index is -0.688. The molecule has 0 aromatic heterocycles. The molecule has 2 aromatic rings. The first-order valence-electron chi connectivity index (χ1n) is 12.6. The van der Waals surface area contributed by atoms with Crippen LogP contribution in [0.4, 0.5) is 5.69 Å². The predicted molar refractivity (Wildman–Crippen MR) is 136 cm³/mol. The Morgan fingerprint density at radius 1 is 0.892 bits per heavy atom. The normalized spacial score (nSPS) is 18.4. The minimum absolute atomic E-state index is 0.122. The lowest BCUT2D eigenvalue weighted by Gasteiger charge is -2.21. The Morgan fingerprint density at radius 2 is 1.54 bits per heavy atom. The molecule has 2 aromatic carbocycles. The summed E-state index contributed by atoms with van der Waals surface area (Å²) in [6.45, 7) is -0.451. The molecule has 1 aliphatic heterocycles. The Hall–Kier alpha value is -3.72. The number of Topliss-reactive ketones (excluding diaryl/α,β-unsaturated/α-hetero) is 1. The molecule has 1 saturated heterocycles. The summed E-state index contributed by atoms with van der Waals surface area (Å²) in [5.41, 5.74) is 0.924. The summed E-state index contributed by atoms with van der Waals surface area (Å²) in [6.07, 6.45) is 6.84. The Balaban J connectivity index is 1.34. The van der Waals surface area contributed by atoms with Gasteiger partial charge in [-0.1, -0.05) is 25.7 Å². The average molecular weight is 509 g/mol. The first kappa shape index (κ1) is 26.3. The van der Waals surface area contributed by atoms with Gasteiger partial charge in [0.05, 0.1) is 37.9 Å². The van der Waals surface area contributed by atoms with Gasteiger partial charge in [-0.25, -0.2) is 9.69 Å². The molecule has 1 atom stereocenters. The molecule has 2 aliphatic rings. The summed E-state index contributed by atoms with van der Waals surface area (Å²) in [7, 11) is 2.96. The van der Waals surface area contributed by atoms with Crippen LogP contribution in [-0.2, 0) is 14.3 Å². The van der Waals surface area contributed by atoms with Crippen LogP contribution >= 0.6 is 0 Å². The number of hydrogen-bond donors (Lipinski definition) is 1. The highest BCUT2D eigenvalue weighted by Crippen LogP contribution is 2.28. The molecular formula is C28H32N2O7. The number of nitrogens with zero attached hydrogens (tertiary/aromatic N) is 1. The molecular weight excluding hydrogens is 476 g/mol. The average Bonchev–Trinajstić information content (AvgIpc) is 3.07. The van der Waals surface area contributed by atoms with E-state index in [9.17, 15) is 19.2 Å². The van der Waals surface area contributed by atoms with E-state index >= 15 is 0 Å². The van der Waals surface area contributed by atoms with E-state index in [1.54, 1.807) is 12.1 Å². The van der Waals surface area contributed by atoms with Gasteiger partial charge in [0.2, 0.25) is 5.91 Å². The topological polar surface area (TPSA) is 111 Å². The van der Waals surface area contributed by atoms with Crippen molar-refractivity contribution in [2.24, 2.45) is 0 Å². The minimum Gasteiger partial charge on any atom is -0.493 e. The largest absolute Gasteiger partial charge is 0.493 e. The van der Waals surface area contributed by atoms with Crippen molar-refractivity contribution in [1.29, 1.82) is 0 Å². The number of anilines is 1. The number of benzene rings is 2. The van der Waals surface area contributed by atoms with Crippen molar-refractivity contribution in [3.63, 3.8) is 0 Å². The second-order valence-electron chi connectivity index (χ2n) is 9.30. The fourth-order valence-corrected chi connectivity index (χ4v) is 4.82. The van der Waals surface area contributed by atoms with Gasteiger partial charge in [0.1, 0.15) is 0 Å². The Morgan fingerprint density at radius 3 is 2.19 bits per heavy atom. The zero-order valence-corrected chi connectivity index (χ0v) is 21.2. The van der Waals surface area contributed by atoms with E-state index in [-0.39, 0.29) is 29.8 Å². The first-order valence-corrected chi connectivity index (χ1v) is 12.6. The van der Waals surface area contributed by atoms with E-state index in [4.69, 9.17) is 14.2 Å². The molecule has 2 fully saturated rings. The summed E-state index contributed by atoms with van der Waals surface area (Å²) in [5.74, 6) is -0.749. The summed E-state index contributed by atoms with van der Waals surface area (Å²) in [6, 6.07) is 10.4. The maximum Gasteiger partial charge on any atom is 0.338 e. The van der Waals surface area contributed by atoms with Crippen molar-refractivity contribution in [2.45, 2.75) is 57.0 Å². The first-order chi connectivity index (χ1) is 17.9. The molecule has 0 bridgehead atoms. The highest BCUT2D eigenvalue weighted by atomic mass is 16.5. The van der Waals surface area contributed by atoms with Gasteiger partial charge >= 0.3 is 5.97 Å². The van der Waals surface area contributed by atoms with Crippen LogP contribution in [0.1, 0.15) is 65.7 Å². The SMILES string of the molecule is COc1ccc(C(=O)COC(=O)c2ccc(N3C(=O)CC(NC4CCCCCC4)C3=O)cc2)cc1OC. The van der Waals surface area contributed by atoms with Crippen molar-refractivity contribution in [2.75, 3.05) is 25.7 Å². The molecule has 1 aliphatic carbocycles. The van der Waals surface area contributed by atoms with Crippen molar-refractivity contribution in [3.05, 3.63) is 53.6 Å². The number of amides is 2. The summed E-state index contributed by atoms with van der Waals surface area (Å²) in [4.78, 5) is 51.8. The third-order valence-electron chi connectivity index (χ3n) is 6.84. The molecule has 4 rings (SSSR count). The molecule has 0 spiro atoms. The third-order valence-corrected chi connectivity index (χ3v) is 6.84. The summed E-state index contributed by atoms with van der Waals surface area (Å²) in [5, 5.41) is 3.39. The molecule has 1 heterocycles. The molecule has 9 nitrogen and oxygen atoms in total. The number of ether oxygens (including phenoxy) is 3. The van der Waals surface area contributed by atoms with Crippen molar-refractivity contribution in [3.8, 4) is 11.5 Å². The van der Waals surface area contributed by atoms with E-state index in [0.717, 1.165) is 25.7 Å². The van der Waals surface area contributed by atoms with Crippen molar-refractivity contribution < 1.29 is 33.4 Å². The van der Waals surface area contributed by atoms with Crippen LogP contribution < -0.4 is 19.7 Å². The number of nitrogens with one attached hydrogen (secondary N) is 1. The van der Waals surface area contributed by atoms with Crippen molar-refractivity contribution >= 4 is 29.3 Å². The van der Waals surface area contributed by atoms with Gasteiger partial charge < -0.3 is 19.5 Å². The van der Waals surface area contributed by atoms with Gasteiger partial charge in [0, 0.05) is 11.6 Å². The second kappa shape index (κ2) is 12.0. The predicted octanol–water partition coefficient (Wildman–Crippen LogP) is 3.69. The van der Waals surface area contributed by atoms with E-state index in [1.165, 1.54) is 62.3 Å². The van der Waals surface area contributed by atoms with E-state index in [0.29, 0.717) is 22.7 Å². The Kier molecular flexibility index (Phi) is 8.55. The van der Waals surface area contributed by atoms with Crippen LogP contribution in [0.3, 0.4) is 0 Å². The third kappa shape index (κ3) is 6.17. The number of methoxy groups -OCH3 is 2. The monoisotopic (exact) mass is 508 g/mol. The van der Waals surface area contributed by atoms with Crippen LogP contribution in [0.25, 0.3) is 0 Å². The maximum absolute atomic E-state index is 13.0. The number of rotatable bonds is 9. The van der Waals surface area contributed by atoms with Crippen molar-refractivity contribution in [1.82, 2.24) is 5.32 Å². The van der Waals surface area contributed by atoms with Crippen LogP contribution in [0.15, 0.2) is 42.5 Å². The summed E-state index contributed by atoms with van der Waals surface area (Å²) < 4.78 is 15.5. The lowest BCUT2D eigenvalue weighted by Crippen LogP contribution is -2.43. The Labute approximate surface area is 216 Å². The van der Waals surface area contributed by atoms with E-state index in [1.807, 2.05) is 0 Å². The van der Waals surface area contributed by atoms with Gasteiger partial charge in [-0.2, -0.15) is 0 Å². The lowest BCUT2D eigenvalue weighted by molar-refractivity contribution is -0.121. The molecule has 1 unspecified atom stereocenters. The highest BCUT2D eigenvalue weighted by Gasteiger charge is 2.40. The number of carbonyl (C=O) groups is 4. The lowest BCUT2D eigenvalue weighted by atomic mass is 10.1. The van der Waals surface area contributed by atoms with E-state index in [2.05, 4.69) is 5.32 Å². The van der Waals surface area contributed by atoms with E-state index < -0.39 is 24.4 Å². The molecule has 0 radical (unpaired) electrons. The molecule has 196 valence electrons. The summed E-state index contributed by atoms with van der Waals surface area (Å²) >= 11 is 0. The van der Waals surface area contributed by atoms with Crippen LogP contribution in [0.5, 0.6) is 11.5 Å². The van der Waals surface area contributed by atoms with Crippen LogP contribution in [-0.4, -0.2) is 56.5 Å². The van der Waals surface area contributed by atoms with Gasteiger partial charge in [0.25, 0.3) is 5.91 Å². The fourth-order valence-electron chi connectivity index (χ4n) is 4.82. The van der Waals surface area contributed by atoms with Gasteiger partial charge in [-0.15, -0.1) is 0 Å². The maximum atomic E-state index is 13.0. The molecule has 1 N–H and O–H groups in total. The smallest absolute Gasteiger partial charge is 0.338 e. The zero-order valence-electron chi connectivity index (χ0n) is 21.2. The van der Waals surface area contributed by atoms with Gasteiger partial charge in [-0.3, -0.25) is 14.4 Å². The number of carbonyl (C=O) groups excluding carboxylic acids is 4. The number of imide groups is 1. The molecule has 9 heteroatoms. The zero-order chi connectivity index (χ0) is 26.4. The highest BCUT2D eigenvalue weighted by molar-refractivity contribution is 6.22. The number of ketones is 1.